The molecule has 2 aromatic rings. The van der Waals surface area contributed by atoms with Crippen molar-refractivity contribution in [3.8, 4) is 0 Å². The molecule has 5 rings (SSSR count). The van der Waals surface area contributed by atoms with Gasteiger partial charge < -0.3 is 14.7 Å². The first-order valence-electron chi connectivity index (χ1n) is 11.8. The normalized spacial score (nSPS) is 18.2. The van der Waals surface area contributed by atoms with Crippen molar-refractivity contribution >= 4 is 49.0 Å². The van der Waals surface area contributed by atoms with Gasteiger partial charge in [-0.1, -0.05) is 34.1 Å². The summed E-state index contributed by atoms with van der Waals surface area (Å²) in [5.74, 6) is -0.376. The highest BCUT2D eigenvalue weighted by molar-refractivity contribution is 9.10. The maximum atomic E-state index is 13.4. The molecule has 0 N–H and O–H groups in total. The lowest BCUT2D eigenvalue weighted by molar-refractivity contribution is -0.131. The number of para-hydroxylation sites is 1. The van der Waals surface area contributed by atoms with Gasteiger partial charge >= 0.3 is 0 Å². The summed E-state index contributed by atoms with van der Waals surface area (Å²) < 4.78 is 27.4. The molecule has 1 saturated carbocycles. The van der Waals surface area contributed by atoms with Crippen LogP contribution in [0, 0.1) is 5.92 Å². The summed E-state index contributed by atoms with van der Waals surface area (Å²) in [4.78, 5) is 31.4. The van der Waals surface area contributed by atoms with E-state index in [2.05, 4.69) is 33.0 Å². The molecule has 0 bridgehead atoms. The van der Waals surface area contributed by atoms with Gasteiger partial charge in [0, 0.05) is 55.2 Å². The SMILES string of the molecule is O=C(CCS(=O)(=O)c1cc(Br)cc2c1N(C(=O)C1CC1)CC2)N1CCN(c2ccccc2)CC1. The molecule has 0 spiro atoms. The maximum absolute atomic E-state index is 13.4. The van der Waals surface area contributed by atoms with Gasteiger partial charge in [-0.15, -0.1) is 0 Å². The van der Waals surface area contributed by atoms with Crippen LogP contribution >= 0.6 is 15.9 Å². The van der Waals surface area contributed by atoms with Crippen molar-refractivity contribution < 1.29 is 18.0 Å². The average molecular weight is 546 g/mol. The minimum atomic E-state index is -3.75. The number of piperazine rings is 1. The third-order valence-corrected chi connectivity index (χ3v) is 9.04. The van der Waals surface area contributed by atoms with E-state index in [9.17, 15) is 18.0 Å². The van der Waals surface area contributed by atoms with Gasteiger partial charge in [0.1, 0.15) is 0 Å². The highest BCUT2D eigenvalue weighted by atomic mass is 79.9. The van der Waals surface area contributed by atoms with Crippen LogP contribution in [0.2, 0.25) is 0 Å². The molecule has 1 saturated heterocycles. The predicted octanol–water partition coefficient (Wildman–Crippen LogP) is 3.26. The lowest BCUT2D eigenvalue weighted by atomic mass is 10.2. The lowest BCUT2D eigenvalue weighted by Crippen LogP contribution is -2.49. The van der Waals surface area contributed by atoms with Crippen molar-refractivity contribution in [3.05, 3.63) is 52.5 Å². The fourth-order valence-corrected chi connectivity index (χ4v) is 6.98. The summed E-state index contributed by atoms with van der Waals surface area (Å²) in [7, 11) is -3.75. The van der Waals surface area contributed by atoms with E-state index in [0.29, 0.717) is 36.2 Å². The summed E-state index contributed by atoms with van der Waals surface area (Å²) >= 11 is 3.43. The topological polar surface area (TPSA) is 78.0 Å². The monoisotopic (exact) mass is 545 g/mol. The molecule has 2 fully saturated rings. The highest BCUT2D eigenvalue weighted by Crippen LogP contribution is 2.41. The number of carbonyl (C=O) groups excluding carboxylic acids is 2. The average Bonchev–Trinajstić information content (AvgIpc) is 3.62. The van der Waals surface area contributed by atoms with Gasteiger partial charge in [-0.3, -0.25) is 9.59 Å². The number of hydrogen-bond donors (Lipinski definition) is 0. The minimum absolute atomic E-state index is 0.0151. The zero-order chi connectivity index (χ0) is 23.9. The second-order valence-corrected chi connectivity index (χ2v) is 12.2. The molecule has 0 unspecified atom stereocenters. The van der Waals surface area contributed by atoms with Crippen LogP contribution in [0.15, 0.2) is 51.8 Å². The third-order valence-electron chi connectivity index (χ3n) is 6.86. The molecule has 9 heteroatoms. The Hall–Kier alpha value is -2.39. The van der Waals surface area contributed by atoms with Gasteiger partial charge in [0.05, 0.1) is 16.3 Å². The van der Waals surface area contributed by atoms with E-state index in [0.717, 1.165) is 37.2 Å². The van der Waals surface area contributed by atoms with Gasteiger partial charge in [-0.25, -0.2) is 8.42 Å². The molecule has 0 radical (unpaired) electrons. The molecule has 2 aromatic carbocycles. The molecule has 1 aliphatic carbocycles. The largest absolute Gasteiger partial charge is 0.368 e. The number of anilines is 2. The summed E-state index contributed by atoms with van der Waals surface area (Å²) in [6.07, 6.45) is 2.32. The van der Waals surface area contributed by atoms with Crippen molar-refractivity contribution in [2.75, 3.05) is 48.3 Å². The van der Waals surface area contributed by atoms with Crippen LogP contribution in [-0.2, 0) is 25.8 Å². The Morgan fingerprint density at radius 1 is 0.971 bits per heavy atom. The van der Waals surface area contributed by atoms with Gasteiger partial charge in [-0.2, -0.15) is 0 Å². The van der Waals surface area contributed by atoms with E-state index >= 15 is 0 Å². The summed E-state index contributed by atoms with van der Waals surface area (Å²) in [5, 5.41) is 0. The van der Waals surface area contributed by atoms with Crippen LogP contribution in [-0.4, -0.2) is 63.6 Å². The molecule has 0 aromatic heterocycles. The standard InChI is InChI=1S/C25H28BrN3O4S/c26-20-16-19-8-10-29(25(31)18-6-7-18)24(19)22(17-20)34(32,33)15-9-23(30)28-13-11-27(12-14-28)21-4-2-1-3-5-21/h1-5,16-18H,6-15H2. The van der Waals surface area contributed by atoms with Crippen LogP contribution in [0.5, 0.6) is 0 Å². The number of amides is 2. The lowest BCUT2D eigenvalue weighted by Gasteiger charge is -2.36. The Morgan fingerprint density at radius 2 is 1.68 bits per heavy atom. The van der Waals surface area contributed by atoms with Crippen molar-refractivity contribution in [2.24, 2.45) is 5.92 Å². The number of halogens is 1. The van der Waals surface area contributed by atoms with Crippen molar-refractivity contribution in [2.45, 2.75) is 30.6 Å². The number of nitrogens with zero attached hydrogens (tertiary/aromatic N) is 3. The smallest absolute Gasteiger partial charge is 0.230 e. The van der Waals surface area contributed by atoms with Gasteiger partial charge in [-0.05, 0) is 49.1 Å². The van der Waals surface area contributed by atoms with Crippen molar-refractivity contribution in [1.29, 1.82) is 0 Å². The Kier molecular flexibility index (Phi) is 6.41. The first-order chi connectivity index (χ1) is 16.3. The second kappa shape index (κ2) is 9.34. The van der Waals surface area contributed by atoms with Gasteiger partial charge in [0.2, 0.25) is 11.8 Å². The maximum Gasteiger partial charge on any atom is 0.230 e. The summed E-state index contributed by atoms with van der Waals surface area (Å²) in [6, 6.07) is 13.5. The fraction of sp³-hybridized carbons (Fsp3) is 0.440. The Bertz CT molecular complexity index is 1210. The molecule has 3 aliphatic rings. The molecule has 180 valence electrons. The Balaban J connectivity index is 1.26. The summed E-state index contributed by atoms with van der Waals surface area (Å²) in [5.41, 5.74) is 2.51. The number of benzene rings is 2. The van der Waals surface area contributed by atoms with Crippen LogP contribution in [0.3, 0.4) is 0 Å². The van der Waals surface area contributed by atoms with Gasteiger partial charge in [0.15, 0.2) is 9.84 Å². The molecular weight excluding hydrogens is 518 g/mol. The Labute approximate surface area is 208 Å². The van der Waals surface area contributed by atoms with Crippen molar-refractivity contribution in [3.63, 3.8) is 0 Å². The molecule has 2 aliphatic heterocycles. The second-order valence-electron chi connectivity index (χ2n) is 9.20. The van der Waals surface area contributed by atoms with E-state index in [-0.39, 0.29) is 34.8 Å². The number of sulfone groups is 1. The molecule has 34 heavy (non-hydrogen) atoms. The molecule has 2 heterocycles. The van der Waals surface area contributed by atoms with E-state index < -0.39 is 9.84 Å². The zero-order valence-corrected chi connectivity index (χ0v) is 21.4. The van der Waals surface area contributed by atoms with E-state index in [1.54, 1.807) is 15.9 Å². The van der Waals surface area contributed by atoms with E-state index in [1.165, 1.54) is 0 Å². The van der Waals surface area contributed by atoms with Crippen molar-refractivity contribution in [1.82, 2.24) is 4.90 Å². The van der Waals surface area contributed by atoms with Crippen LogP contribution in [0.25, 0.3) is 0 Å². The first kappa shape index (κ1) is 23.4. The van der Waals surface area contributed by atoms with E-state index in [1.807, 2.05) is 24.3 Å². The van der Waals surface area contributed by atoms with Crippen LogP contribution < -0.4 is 9.80 Å². The predicted molar refractivity (Wildman–Crippen MR) is 135 cm³/mol. The molecule has 2 amide bonds. The van der Waals surface area contributed by atoms with Crippen LogP contribution in [0.4, 0.5) is 11.4 Å². The quantitative estimate of drug-likeness (QED) is 0.556. The van der Waals surface area contributed by atoms with E-state index in [4.69, 9.17) is 0 Å². The first-order valence-corrected chi connectivity index (χ1v) is 14.2. The number of carbonyl (C=O) groups is 2. The number of rotatable bonds is 6. The molecule has 7 nitrogen and oxygen atoms in total. The third kappa shape index (κ3) is 4.73. The molecule has 0 atom stereocenters. The Morgan fingerprint density at radius 3 is 2.35 bits per heavy atom. The number of fused-ring (bicyclic) bond motifs is 1. The fourth-order valence-electron chi connectivity index (χ4n) is 4.82. The molecular formula is C25H28BrN3O4S. The zero-order valence-electron chi connectivity index (χ0n) is 19.0. The highest BCUT2D eigenvalue weighted by Gasteiger charge is 2.39. The summed E-state index contributed by atoms with van der Waals surface area (Å²) in [6.45, 7) is 3.10. The van der Waals surface area contributed by atoms with Gasteiger partial charge in [0.25, 0.3) is 0 Å². The minimum Gasteiger partial charge on any atom is -0.368 e. The number of hydrogen-bond acceptors (Lipinski definition) is 5. The van der Waals surface area contributed by atoms with Crippen LogP contribution in [0.1, 0.15) is 24.8 Å².